The third-order valence-electron chi connectivity index (χ3n) is 11.1. The maximum Gasteiger partial charge on any atom is 0.158 e. The van der Waals surface area contributed by atoms with E-state index in [4.69, 9.17) is 37.9 Å². The molecule has 0 radical (unpaired) electrons. The molecular weight excluding hydrogens is 760 g/mol. The molecule has 0 bridgehead atoms. The number of halogens is 1. The number of unbranched alkanes of at least 4 members (excludes halogenated alkanes) is 1. The van der Waals surface area contributed by atoms with Gasteiger partial charge in [-0.25, -0.2) is 0 Å². The Hall–Kier alpha value is -0.990. The lowest BCUT2D eigenvalue weighted by Gasteiger charge is -2.30. The van der Waals surface area contributed by atoms with Gasteiger partial charge in [-0.05, 0) is 143 Å². The Morgan fingerprint density at radius 1 is 0.811 bits per heavy atom. The third-order valence-corrected chi connectivity index (χ3v) is 12.8. The first kappa shape index (κ1) is 41.6. The summed E-state index contributed by atoms with van der Waals surface area (Å²) < 4.78 is 51.0. The maximum absolute atomic E-state index is 12.5. The predicted octanol–water partition coefficient (Wildman–Crippen LogP) is 9.60. The molecule has 5 fully saturated rings. The van der Waals surface area contributed by atoms with E-state index in [1.54, 1.807) is 11.3 Å². The fraction of sp³-hybridized carbons (Fsp3) is 0.786. The van der Waals surface area contributed by atoms with Crippen molar-refractivity contribution in [2.24, 2.45) is 11.8 Å². The number of rotatable bonds is 20. The lowest BCUT2D eigenvalue weighted by Crippen LogP contribution is -2.31. The fourth-order valence-electron chi connectivity index (χ4n) is 8.12. The maximum atomic E-state index is 12.5. The summed E-state index contributed by atoms with van der Waals surface area (Å²) >= 11 is 5.41. The standard InChI is InChI=1S/C42H63BrO9S/c43-38-24-22-33(53-38)21-19-32(50-40-16-6-10-26-46-40)20-23-35-34(14-4-2-1-3-13-31(44)30-49-39-15-5-9-25-45-39)36(51-41-17-7-11-27-47-41)29-37(35)52-42-18-8-12-28-48-42/h2,4,20,22-24,32,34-37,39-42H,1,3,5-19,21,25-30H2/t32-,34+,35+,36-,37+,39?,40?,41?,42?/m0/s1. The molecule has 0 aromatic carbocycles. The Morgan fingerprint density at radius 2 is 1.45 bits per heavy atom. The van der Waals surface area contributed by atoms with E-state index in [1.807, 2.05) is 0 Å². The van der Waals surface area contributed by atoms with E-state index in [0.717, 1.165) is 146 Å². The molecule has 1 aromatic rings. The minimum absolute atomic E-state index is 0.00348. The van der Waals surface area contributed by atoms with Crippen LogP contribution in [-0.2, 0) is 49.1 Å². The van der Waals surface area contributed by atoms with Crippen molar-refractivity contribution in [3.63, 3.8) is 0 Å². The van der Waals surface area contributed by atoms with E-state index in [2.05, 4.69) is 52.4 Å². The van der Waals surface area contributed by atoms with Crippen LogP contribution in [0.2, 0.25) is 0 Å². The van der Waals surface area contributed by atoms with Crippen LogP contribution in [0.15, 0.2) is 40.2 Å². The molecule has 0 spiro atoms. The Balaban J connectivity index is 1.12. The molecule has 9 atom stereocenters. The number of Topliss-reactive ketones (excluding diaryl/α,β-unsaturated/α-hetero) is 1. The number of ether oxygens (including phenoxy) is 8. The SMILES string of the molecule is O=C(CCCC=CC[C@@H]1[C@@H](C=C[C@H](CCc2ccc(Br)s2)OC2CCCCO2)[C@H](OC2CCCCO2)C[C@@H]1OC1CCCCO1)COC1CCCCO1. The van der Waals surface area contributed by atoms with E-state index in [-0.39, 0.29) is 67.7 Å². The minimum Gasteiger partial charge on any atom is -0.353 e. The van der Waals surface area contributed by atoms with Crippen LogP contribution in [0.1, 0.15) is 120 Å². The number of thiophene rings is 1. The average molecular weight is 824 g/mol. The summed E-state index contributed by atoms with van der Waals surface area (Å²) in [5, 5.41) is 0. The minimum atomic E-state index is -0.224. The van der Waals surface area contributed by atoms with Crippen molar-refractivity contribution in [2.75, 3.05) is 33.0 Å². The molecule has 1 aliphatic carbocycles. The zero-order valence-electron chi connectivity index (χ0n) is 31.6. The van der Waals surface area contributed by atoms with E-state index < -0.39 is 0 Å². The third kappa shape index (κ3) is 14.5. The summed E-state index contributed by atoms with van der Waals surface area (Å²) in [4.78, 5) is 13.8. The molecule has 298 valence electrons. The first-order chi connectivity index (χ1) is 26.1. The lowest BCUT2D eigenvalue weighted by molar-refractivity contribution is -0.203. The van der Waals surface area contributed by atoms with Crippen molar-refractivity contribution in [1.29, 1.82) is 0 Å². The van der Waals surface area contributed by atoms with Crippen molar-refractivity contribution in [2.45, 2.75) is 165 Å². The van der Waals surface area contributed by atoms with Crippen molar-refractivity contribution < 1.29 is 42.7 Å². The van der Waals surface area contributed by atoms with Crippen LogP contribution >= 0.6 is 27.3 Å². The molecular formula is C42H63BrO9S. The van der Waals surface area contributed by atoms with Crippen LogP contribution in [0.4, 0.5) is 0 Å². The molecule has 11 heteroatoms. The Labute approximate surface area is 329 Å². The lowest BCUT2D eigenvalue weighted by atomic mass is 9.89. The zero-order chi connectivity index (χ0) is 36.5. The Bertz CT molecular complexity index is 1230. The Morgan fingerprint density at radius 3 is 2.08 bits per heavy atom. The van der Waals surface area contributed by atoms with Gasteiger partial charge in [0.15, 0.2) is 30.9 Å². The molecule has 53 heavy (non-hydrogen) atoms. The van der Waals surface area contributed by atoms with Gasteiger partial charge in [-0.15, -0.1) is 11.3 Å². The van der Waals surface area contributed by atoms with Gasteiger partial charge < -0.3 is 37.9 Å². The van der Waals surface area contributed by atoms with Crippen LogP contribution < -0.4 is 0 Å². The summed E-state index contributed by atoms with van der Waals surface area (Å²) in [6, 6.07) is 4.32. The molecule has 4 aliphatic heterocycles. The zero-order valence-corrected chi connectivity index (χ0v) is 34.0. The molecule has 1 saturated carbocycles. The highest BCUT2D eigenvalue weighted by molar-refractivity contribution is 9.11. The van der Waals surface area contributed by atoms with Crippen molar-refractivity contribution in [1.82, 2.24) is 0 Å². The molecule has 5 heterocycles. The van der Waals surface area contributed by atoms with Gasteiger partial charge in [-0.3, -0.25) is 4.79 Å². The topological polar surface area (TPSA) is 90.9 Å². The van der Waals surface area contributed by atoms with Crippen molar-refractivity contribution >= 4 is 33.0 Å². The van der Waals surface area contributed by atoms with Gasteiger partial charge in [0.1, 0.15) is 6.61 Å². The van der Waals surface area contributed by atoms with E-state index >= 15 is 0 Å². The van der Waals surface area contributed by atoms with Crippen LogP contribution in [0, 0.1) is 11.8 Å². The normalized spacial score (nSPS) is 32.1. The van der Waals surface area contributed by atoms with Crippen LogP contribution in [0.3, 0.4) is 0 Å². The first-order valence-corrected chi connectivity index (χ1v) is 22.3. The fourth-order valence-corrected chi connectivity index (χ4v) is 9.62. The molecule has 0 N–H and O–H groups in total. The summed E-state index contributed by atoms with van der Waals surface area (Å²) in [5.41, 5.74) is 0. The van der Waals surface area contributed by atoms with Crippen LogP contribution in [0.25, 0.3) is 0 Å². The van der Waals surface area contributed by atoms with E-state index in [1.165, 1.54) is 4.88 Å². The van der Waals surface area contributed by atoms with Gasteiger partial charge in [-0.1, -0.05) is 24.3 Å². The van der Waals surface area contributed by atoms with Crippen LogP contribution in [-0.4, -0.2) is 82.3 Å². The monoisotopic (exact) mass is 822 g/mol. The second-order valence-corrected chi connectivity index (χ2v) is 17.8. The number of ketones is 1. The summed E-state index contributed by atoms with van der Waals surface area (Å²) in [5.74, 6) is 0.460. The average Bonchev–Trinajstić information content (AvgIpc) is 3.76. The van der Waals surface area contributed by atoms with Gasteiger partial charge in [0, 0.05) is 50.1 Å². The number of allylic oxidation sites excluding steroid dienone is 2. The largest absolute Gasteiger partial charge is 0.353 e. The second-order valence-electron chi connectivity index (χ2n) is 15.3. The highest BCUT2D eigenvalue weighted by atomic mass is 79.9. The summed E-state index contributed by atoms with van der Waals surface area (Å²) in [6.07, 6.45) is 26.4. The summed E-state index contributed by atoms with van der Waals surface area (Å²) in [7, 11) is 0. The molecule has 0 amide bonds. The molecule has 1 aromatic heterocycles. The van der Waals surface area contributed by atoms with Crippen LogP contribution in [0.5, 0.6) is 0 Å². The highest BCUT2D eigenvalue weighted by Gasteiger charge is 2.45. The molecule has 9 nitrogen and oxygen atoms in total. The Kier molecular flexibility index (Phi) is 18.3. The van der Waals surface area contributed by atoms with Crippen molar-refractivity contribution in [3.05, 3.63) is 45.1 Å². The van der Waals surface area contributed by atoms with Gasteiger partial charge in [-0.2, -0.15) is 0 Å². The van der Waals surface area contributed by atoms with E-state index in [0.29, 0.717) is 6.42 Å². The first-order valence-electron chi connectivity index (χ1n) is 20.7. The molecule has 5 aliphatic rings. The van der Waals surface area contributed by atoms with Gasteiger partial charge >= 0.3 is 0 Å². The van der Waals surface area contributed by atoms with Gasteiger partial charge in [0.2, 0.25) is 0 Å². The number of hydrogen-bond donors (Lipinski definition) is 0. The number of aryl methyl sites for hydroxylation is 1. The number of carbonyl (C=O) groups is 1. The summed E-state index contributed by atoms with van der Waals surface area (Å²) in [6.45, 7) is 3.12. The smallest absolute Gasteiger partial charge is 0.158 e. The molecule has 4 saturated heterocycles. The van der Waals surface area contributed by atoms with Gasteiger partial charge in [0.05, 0.1) is 22.1 Å². The van der Waals surface area contributed by atoms with E-state index in [9.17, 15) is 4.79 Å². The molecule has 6 rings (SSSR count). The highest BCUT2D eigenvalue weighted by Crippen LogP contribution is 2.42. The second kappa shape index (κ2) is 23.3. The number of hydrogen-bond acceptors (Lipinski definition) is 10. The number of carbonyl (C=O) groups excluding carboxylic acids is 1. The van der Waals surface area contributed by atoms with Gasteiger partial charge in [0.25, 0.3) is 0 Å². The van der Waals surface area contributed by atoms with Crippen molar-refractivity contribution in [3.8, 4) is 0 Å². The quantitative estimate of drug-likeness (QED) is 0.0943. The molecule has 4 unspecified atom stereocenters. The predicted molar refractivity (Wildman–Crippen MR) is 209 cm³/mol.